The lowest BCUT2D eigenvalue weighted by Gasteiger charge is -2.28. The molecule has 0 saturated heterocycles. The maximum Gasteiger partial charge on any atom is 0.325 e. The van der Waals surface area contributed by atoms with E-state index in [1.165, 1.54) is 22.3 Å². The fraction of sp³-hybridized carbons (Fsp3) is 0.458. The smallest absolute Gasteiger partial charge is 0.325 e. The van der Waals surface area contributed by atoms with Crippen LogP contribution in [0.2, 0.25) is 0 Å². The summed E-state index contributed by atoms with van der Waals surface area (Å²) in [5, 5.41) is 10.1. The molecule has 0 saturated carbocycles. The van der Waals surface area contributed by atoms with E-state index in [0.29, 0.717) is 18.9 Å². The lowest BCUT2D eigenvalue weighted by Crippen LogP contribution is -2.48. The summed E-state index contributed by atoms with van der Waals surface area (Å²) >= 11 is 0. The van der Waals surface area contributed by atoms with Gasteiger partial charge in [-0.1, -0.05) is 38.1 Å². The maximum absolute atomic E-state index is 11.9. The number of carbonyl (C=O) groups excluding carboxylic acids is 1. The number of nitrogens with one attached hydrogen (secondary N) is 1. The van der Waals surface area contributed by atoms with Crippen LogP contribution in [-0.4, -0.2) is 35.6 Å². The Hall–Kier alpha value is -2.14. The van der Waals surface area contributed by atoms with Crippen LogP contribution in [-0.2, 0) is 27.1 Å². The highest BCUT2D eigenvalue weighted by Gasteiger charge is 2.23. The fourth-order valence-electron chi connectivity index (χ4n) is 3.80. The Labute approximate surface area is 187 Å². The molecule has 0 heterocycles. The second-order valence-electron chi connectivity index (χ2n) is 8.60. The van der Waals surface area contributed by atoms with Crippen LogP contribution in [0.1, 0.15) is 60.1 Å². The Morgan fingerprint density at radius 3 is 2.35 bits per heavy atom. The van der Waals surface area contributed by atoms with Crippen molar-refractivity contribution >= 4 is 14.6 Å². The summed E-state index contributed by atoms with van der Waals surface area (Å²) in [5.41, 5.74) is 9.85. The zero-order valence-corrected chi connectivity index (χ0v) is 20.6. The topological polar surface area (TPSA) is 75.6 Å². The van der Waals surface area contributed by atoms with Crippen LogP contribution in [0.15, 0.2) is 30.3 Å². The standard InChI is InChI=1S/C24H35N2O4P/c1-7-30-24(28)14-25-26(6,31-29)15-20-10-17(4)22(18(5)11-20)13-19-8-9-23(27)21(12-19)16(2)3/h8-12,16,25H,7,13-15,31H2,1-6H3/p+1. The summed E-state index contributed by atoms with van der Waals surface area (Å²) in [7, 11) is 0.631. The number of ether oxygens (including phenoxy) is 1. The molecule has 0 aromatic heterocycles. The van der Waals surface area contributed by atoms with Gasteiger partial charge in [0.15, 0.2) is 0 Å². The molecule has 31 heavy (non-hydrogen) atoms. The van der Waals surface area contributed by atoms with Crippen LogP contribution >= 0.6 is 8.61 Å². The van der Waals surface area contributed by atoms with Gasteiger partial charge in [-0.15, -0.1) is 0 Å². The molecule has 0 spiro atoms. The molecule has 2 aromatic carbocycles. The average molecular weight is 448 g/mol. The van der Waals surface area contributed by atoms with E-state index in [9.17, 15) is 14.5 Å². The molecule has 0 fully saturated rings. The lowest BCUT2D eigenvalue weighted by molar-refractivity contribution is -0.843. The van der Waals surface area contributed by atoms with Crippen LogP contribution in [0.25, 0.3) is 0 Å². The number of carbonyl (C=O) groups is 1. The number of phenols is 1. The van der Waals surface area contributed by atoms with Gasteiger partial charge in [0, 0.05) is 5.56 Å². The molecule has 0 aliphatic rings. The van der Waals surface area contributed by atoms with Crippen molar-refractivity contribution in [2.75, 3.05) is 20.2 Å². The minimum Gasteiger partial charge on any atom is -0.508 e. The molecule has 2 rings (SSSR count). The van der Waals surface area contributed by atoms with Crippen molar-refractivity contribution in [2.24, 2.45) is 0 Å². The van der Waals surface area contributed by atoms with E-state index in [2.05, 4.69) is 51.3 Å². The van der Waals surface area contributed by atoms with E-state index >= 15 is 0 Å². The third kappa shape index (κ3) is 6.93. The van der Waals surface area contributed by atoms with Gasteiger partial charge >= 0.3 is 5.97 Å². The van der Waals surface area contributed by atoms with Gasteiger partial charge in [0.05, 0.1) is 13.7 Å². The molecule has 0 aliphatic heterocycles. The normalized spacial score (nSPS) is 13.6. The molecule has 170 valence electrons. The summed E-state index contributed by atoms with van der Waals surface area (Å²) in [5.74, 6) is 0.253. The highest BCUT2D eigenvalue weighted by molar-refractivity contribution is 7.16. The van der Waals surface area contributed by atoms with Crippen molar-refractivity contribution < 1.29 is 23.6 Å². The number of esters is 1. The third-order valence-corrected chi connectivity index (χ3v) is 6.31. The third-order valence-electron chi connectivity index (χ3n) is 5.48. The average Bonchev–Trinajstić information content (AvgIpc) is 2.70. The summed E-state index contributed by atoms with van der Waals surface area (Å²) < 4.78 is 17.0. The number of phenolic OH excluding ortho intramolecular Hbond substituents is 1. The van der Waals surface area contributed by atoms with Crippen LogP contribution < -0.4 is 5.43 Å². The summed E-state index contributed by atoms with van der Waals surface area (Å²) in [6.07, 6.45) is 0.790. The second kappa shape index (κ2) is 10.9. The molecular formula is C24H36N2O4P+. The van der Waals surface area contributed by atoms with Gasteiger partial charge < -0.3 is 9.84 Å². The molecule has 2 atom stereocenters. The van der Waals surface area contributed by atoms with Gasteiger partial charge in [-0.25, -0.2) is 4.36 Å². The highest BCUT2D eigenvalue weighted by Crippen LogP contribution is 2.29. The van der Waals surface area contributed by atoms with E-state index in [1.54, 1.807) is 13.0 Å². The second-order valence-corrected chi connectivity index (χ2v) is 9.95. The molecule has 2 unspecified atom stereocenters. The summed E-state index contributed by atoms with van der Waals surface area (Å²) in [6.45, 7) is 11.0. The first kappa shape index (κ1) is 25.1. The van der Waals surface area contributed by atoms with E-state index < -0.39 is 8.61 Å². The first-order chi connectivity index (χ1) is 14.6. The summed E-state index contributed by atoms with van der Waals surface area (Å²) in [6, 6.07) is 10.1. The van der Waals surface area contributed by atoms with Gasteiger partial charge in [0.1, 0.15) is 18.8 Å². The number of quaternary nitrogens is 1. The van der Waals surface area contributed by atoms with Gasteiger partial charge in [-0.3, -0.25) is 9.36 Å². The number of aryl methyl sites for hydroxylation is 2. The Bertz CT molecular complexity index is 922. The molecule has 6 nitrogen and oxygen atoms in total. The molecule has 2 N–H and O–H groups in total. The Morgan fingerprint density at radius 2 is 1.81 bits per heavy atom. The van der Waals surface area contributed by atoms with Gasteiger partial charge in [0.25, 0.3) is 0 Å². The predicted molar refractivity (Wildman–Crippen MR) is 126 cm³/mol. The minimum absolute atomic E-state index is 0.0225. The predicted octanol–water partition coefficient (Wildman–Crippen LogP) is 4.41. The number of benzene rings is 2. The van der Waals surface area contributed by atoms with Crippen molar-refractivity contribution in [3.63, 3.8) is 0 Å². The maximum atomic E-state index is 11.9. The van der Waals surface area contributed by atoms with Gasteiger partial charge in [-0.05, 0) is 67.0 Å². The zero-order valence-electron chi connectivity index (χ0n) is 19.5. The fourth-order valence-corrected chi connectivity index (χ4v) is 4.25. The van der Waals surface area contributed by atoms with E-state index in [-0.39, 0.29) is 22.8 Å². The van der Waals surface area contributed by atoms with Crippen molar-refractivity contribution in [2.45, 2.75) is 53.5 Å². The van der Waals surface area contributed by atoms with Crippen LogP contribution in [0.4, 0.5) is 0 Å². The number of aromatic hydroxyl groups is 1. The highest BCUT2D eigenvalue weighted by atomic mass is 31.1. The van der Waals surface area contributed by atoms with Gasteiger partial charge in [-0.2, -0.15) is 5.43 Å². The Morgan fingerprint density at radius 1 is 1.16 bits per heavy atom. The minimum atomic E-state index is -1.19. The monoisotopic (exact) mass is 447 g/mol. The molecule has 2 aromatic rings. The first-order valence-corrected chi connectivity index (χ1v) is 11.7. The van der Waals surface area contributed by atoms with Crippen molar-refractivity contribution in [3.8, 4) is 5.75 Å². The Balaban J connectivity index is 2.20. The van der Waals surface area contributed by atoms with Crippen LogP contribution in [0, 0.1) is 13.8 Å². The van der Waals surface area contributed by atoms with E-state index in [0.717, 1.165) is 17.5 Å². The summed E-state index contributed by atoms with van der Waals surface area (Å²) in [4.78, 5) is 11.7. The molecule has 0 aliphatic carbocycles. The number of nitrogens with zero attached hydrogens (tertiary/aromatic N) is 1. The molecule has 0 radical (unpaired) electrons. The SMILES string of the molecule is CCOC(=O)CN[N+](C)(Cc1cc(C)c(Cc2ccc(O)c(C(C)C)c2)c(C)c1)[PH2]=O. The number of rotatable bonds is 10. The van der Waals surface area contributed by atoms with Crippen molar-refractivity contribution in [1.82, 2.24) is 5.43 Å². The van der Waals surface area contributed by atoms with Crippen LogP contribution in [0.3, 0.4) is 0 Å². The van der Waals surface area contributed by atoms with E-state index in [4.69, 9.17) is 4.74 Å². The lowest BCUT2D eigenvalue weighted by atomic mass is 9.91. The quantitative estimate of drug-likeness (QED) is 0.321. The molecule has 7 heteroatoms. The van der Waals surface area contributed by atoms with Gasteiger partial charge in [0.2, 0.25) is 8.61 Å². The van der Waals surface area contributed by atoms with Crippen molar-refractivity contribution in [1.29, 1.82) is 0 Å². The largest absolute Gasteiger partial charge is 0.508 e. The number of hydrogen-bond acceptors (Lipinski definition) is 5. The Kier molecular flexibility index (Phi) is 8.87. The molecule has 0 bridgehead atoms. The molecule has 0 amide bonds. The van der Waals surface area contributed by atoms with Crippen molar-refractivity contribution in [3.05, 3.63) is 63.7 Å². The number of hydrogen-bond donors (Lipinski definition) is 2. The van der Waals surface area contributed by atoms with Crippen LogP contribution in [0.5, 0.6) is 5.75 Å². The zero-order chi connectivity index (χ0) is 23.2. The molecular weight excluding hydrogens is 411 g/mol. The van der Waals surface area contributed by atoms with E-state index in [1.807, 2.05) is 13.1 Å². The first-order valence-electron chi connectivity index (χ1n) is 10.7.